The number of hydrogen-bond acceptors (Lipinski definition) is 7. The summed E-state index contributed by atoms with van der Waals surface area (Å²) in [5, 5.41) is 21.3. The Morgan fingerprint density at radius 2 is 1.95 bits per heavy atom. The number of nitrogens with zero attached hydrogens (tertiary/aromatic N) is 4. The van der Waals surface area contributed by atoms with Crippen LogP contribution in [-0.2, 0) is 4.74 Å². The monoisotopic (exact) mass is 260 g/mol. The van der Waals surface area contributed by atoms with Gasteiger partial charge in [-0.15, -0.1) is 10.2 Å². The second-order valence-electron chi connectivity index (χ2n) is 3.50. The highest BCUT2D eigenvalue weighted by atomic mass is 16.6. The van der Waals surface area contributed by atoms with Crippen LogP contribution in [0.4, 0.5) is 5.69 Å². The van der Waals surface area contributed by atoms with Gasteiger partial charge >= 0.3 is 5.97 Å². The Hall–Kier alpha value is -2.90. The van der Waals surface area contributed by atoms with E-state index in [0.29, 0.717) is 11.3 Å². The van der Waals surface area contributed by atoms with E-state index in [2.05, 4.69) is 20.1 Å². The molecule has 0 aliphatic rings. The molecule has 0 aliphatic carbocycles. The zero-order chi connectivity index (χ0) is 13.8. The summed E-state index contributed by atoms with van der Waals surface area (Å²) < 4.78 is 4.52. The van der Waals surface area contributed by atoms with Crippen molar-refractivity contribution in [3.05, 3.63) is 46.1 Å². The van der Waals surface area contributed by atoms with E-state index in [0.717, 1.165) is 0 Å². The summed E-state index contributed by atoms with van der Waals surface area (Å²) in [7, 11) is 1.23. The number of nitro benzene ring substituents is 1. The van der Waals surface area contributed by atoms with Gasteiger partial charge in [-0.2, -0.15) is 0 Å². The van der Waals surface area contributed by atoms with Gasteiger partial charge in [-0.1, -0.05) is 0 Å². The summed E-state index contributed by atoms with van der Waals surface area (Å²) in [6.45, 7) is 0. The van der Waals surface area contributed by atoms with E-state index in [1.54, 1.807) is 0 Å². The quantitative estimate of drug-likeness (QED) is 0.464. The number of rotatable bonds is 3. The molecular weight excluding hydrogens is 252 g/mol. The summed E-state index contributed by atoms with van der Waals surface area (Å²) in [6, 6.07) is 7.12. The molecule has 0 N–H and O–H groups in total. The van der Waals surface area contributed by atoms with Crippen molar-refractivity contribution < 1.29 is 14.5 Å². The highest BCUT2D eigenvalue weighted by Gasteiger charge is 2.12. The lowest BCUT2D eigenvalue weighted by Crippen LogP contribution is -2.07. The number of aromatic nitrogens is 3. The first-order chi connectivity index (χ1) is 9.11. The molecule has 0 unspecified atom stereocenters. The molecule has 2 aromatic rings. The molecule has 96 valence electrons. The number of hydrogen-bond donors (Lipinski definition) is 0. The lowest BCUT2D eigenvalue weighted by atomic mass is 10.1. The lowest BCUT2D eigenvalue weighted by molar-refractivity contribution is -0.384. The topological polar surface area (TPSA) is 108 Å². The van der Waals surface area contributed by atoms with Gasteiger partial charge in [-0.05, 0) is 17.3 Å². The van der Waals surface area contributed by atoms with Gasteiger partial charge in [-0.3, -0.25) is 10.1 Å². The Labute approximate surface area is 107 Å². The zero-order valence-corrected chi connectivity index (χ0v) is 9.81. The second-order valence-corrected chi connectivity index (χ2v) is 3.50. The maximum atomic E-state index is 11.3. The van der Waals surface area contributed by atoms with Gasteiger partial charge in [-0.25, -0.2) is 4.79 Å². The SMILES string of the molecule is COC(=O)c1cc(-c2ccc([N+](=O)[O-])cc2)nnn1. The van der Waals surface area contributed by atoms with Gasteiger partial charge in [0.1, 0.15) is 0 Å². The summed E-state index contributed by atoms with van der Waals surface area (Å²) in [5.74, 6) is -0.627. The fourth-order valence-electron chi connectivity index (χ4n) is 1.41. The van der Waals surface area contributed by atoms with E-state index < -0.39 is 10.9 Å². The third kappa shape index (κ3) is 2.68. The second kappa shape index (κ2) is 5.17. The Morgan fingerprint density at radius 3 is 2.53 bits per heavy atom. The fraction of sp³-hybridized carbons (Fsp3) is 0.0909. The number of carbonyl (C=O) groups is 1. The van der Waals surface area contributed by atoms with Crippen molar-refractivity contribution in [2.24, 2.45) is 0 Å². The van der Waals surface area contributed by atoms with Crippen LogP contribution in [0.2, 0.25) is 0 Å². The van der Waals surface area contributed by atoms with E-state index in [4.69, 9.17) is 0 Å². The minimum Gasteiger partial charge on any atom is -0.464 e. The molecule has 0 saturated carbocycles. The van der Waals surface area contributed by atoms with E-state index in [-0.39, 0.29) is 11.4 Å². The number of methoxy groups -OCH3 is 1. The van der Waals surface area contributed by atoms with Crippen LogP contribution in [0.15, 0.2) is 30.3 Å². The lowest BCUT2D eigenvalue weighted by Gasteiger charge is -2.01. The highest BCUT2D eigenvalue weighted by molar-refractivity contribution is 5.88. The van der Waals surface area contributed by atoms with Gasteiger partial charge in [0.05, 0.1) is 17.7 Å². The average Bonchev–Trinajstić information content (AvgIpc) is 2.46. The van der Waals surface area contributed by atoms with Crippen LogP contribution >= 0.6 is 0 Å². The summed E-state index contributed by atoms with van der Waals surface area (Å²) in [6.07, 6.45) is 0. The summed E-state index contributed by atoms with van der Waals surface area (Å²) >= 11 is 0. The minimum absolute atomic E-state index is 0.0193. The molecule has 1 aromatic carbocycles. The van der Waals surface area contributed by atoms with Crippen LogP contribution in [0, 0.1) is 10.1 Å². The highest BCUT2D eigenvalue weighted by Crippen LogP contribution is 2.20. The number of ether oxygens (including phenoxy) is 1. The third-order valence-corrected chi connectivity index (χ3v) is 2.35. The molecule has 8 heteroatoms. The zero-order valence-electron chi connectivity index (χ0n) is 9.81. The van der Waals surface area contributed by atoms with Crippen molar-refractivity contribution in [3.63, 3.8) is 0 Å². The first-order valence-corrected chi connectivity index (χ1v) is 5.15. The van der Waals surface area contributed by atoms with Crippen LogP contribution < -0.4 is 0 Å². The normalized spacial score (nSPS) is 9.95. The largest absolute Gasteiger partial charge is 0.464 e. The fourth-order valence-corrected chi connectivity index (χ4v) is 1.41. The van der Waals surface area contributed by atoms with Crippen LogP contribution in [0.5, 0.6) is 0 Å². The number of esters is 1. The predicted octanol–water partition coefficient (Wildman–Crippen LogP) is 1.23. The molecule has 0 aliphatic heterocycles. The molecule has 0 spiro atoms. The standard InChI is InChI=1S/C11H8N4O4/c1-19-11(16)10-6-9(12-14-13-10)7-2-4-8(5-3-7)15(17)18/h2-6H,1H3. The van der Waals surface area contributed by atoms with Gasteiger partial charge in [0.15, 0.2) is 5.69 Å². The van der Waals surface area contributed by atoms with Gasteiger partial charge in [0.2, 0.25) is 0 Å². The molecular formula is C11H8N4O4. The van der Waals surface area contributed by atoms with Crippen molar-refractivity contribution in [1.29, 1.82) is 0 Å². The number of non-ortho nitro benzene ring substituents is 1. The Balaban J connectivity index is 2.36. The van der Waals surface area contributed by atoms with Crippen LogP contribution in [0.3, 0.4) is 0 Å². The van der Waals surface area contributed by atoms with Crippen molar-refractivity contribution in [2.75, 3.05) is 7.11 Å². The van der Waals surface area contributed by atoms with Crippen LogP contribution in [-0.4, -0.2) is 33.4 Å². The minimum atomic E-state index is -0.627. The van der Waals surface area contributed by atoms with Crippen molar-refractivity contribution in [3.8, 4) is 11.3 Å². The smallest absolute Gasteiger partial charge is 0.358 e. The molecule has 1 heterocycles. The van der Waals surface area contributed by atoms with Crippen LogP contribution in [0.1, 0.15) is 10.5 Å². The molecule has 0 saturated heterocycles. The van der Waals surface area contributed by atoms with Crippen LogP contribution in [0.25, 0.3) is 11.3 Å². The molecule has 19 heavy (non-hydrogen) atoms. The average molecular weight is 260 g/mol. The summed E-state index contributed by atoms with van der Waals surface area (Å²) in [4.78, 5) is 21.3. The first kappa shape index (κ1) is 12.6. The first-order valence-electron chi connectivity index (χ1n) is 5.15. The van der Waals surface area contributed by atoms with Gasteiger partial charge in [0, 0.05) is 23.8 Å². The maximum absolute atomic E-state index is 11.3. The van der Waals surface area contributed by atoms with Gasteiger partial charge in [0.25, 0.3) is 5.69 Å². The Kier molecular flexibility index (Phi) is 3.42. The van der Waals surface area contributed by atoms with E-state index in [1.165, 1.54) is 37.4 Å². The van der Waals surface area contributed by atoms with Crippen molar-refractivity contribution in [1.82, 2.24) is 15.4 Å². The van der Waals surface area contributed by atoms with Crippen molar-refractivity contribution >= 4 is 11.7 Å². The van der Waals surface area contributed by atoms with Gasteiger partial charge < -0.3 is 4.74 Å². The molecule has 0 radical (unpaired) electrons. The maximum Gasteiger partial charge on any atom is 0.358 e. The van der Waals surface area contributed by atoms with E-state index in [1.807, 2.05) is 0 Å². The molecule has 2 rings (SSSR count). The Bertz CT molecular complexity index is 627. The molecule has 0 bridgehead atoms. The Morgan fingerprint density at radius 1 is 1.26 bits per heavy atom. The number of carbonyl (C=O) groups excluding carboxylic acids is 1. The molecule has 0 atom stereocenters. The third-order valence-electron chi connectivity index (χ3n) is 2.35. The van der Waals surface area contributed by atoms with E-state index in [9.17, 15) is 14.9 Å². The number of nitro groups is 1. The summed E-state index contributed by atoms with van der Waals surface area (Å²) in [5.41, 5.74) is 0.959. The van der Waals surface area contributed by atoms with E-state index >= 15 is 0 Å². The number of benzene rings is 1. The molecule has 0 amide bonds. The molecule has 0 fully saturated rings. The molecule has 1 aromatic heterocycles. The molecule has 8 nitrogen and oxygen atoms in total. The van der Waals surface area contributed by atoms with Crippen molar-refractivity contribution in [2.45, 2.75) is 0 Å². The predicted molar refractivity (Wildman–Crippen MR) is 63.3 cm³/mol.